The maximum absolute atomic E-state index is 11.9. The van der Waals surface area contributed by atoms with Gasteiger partial charge < -0.3 is 10.2 Å². The van der Waals surface area contributed by atoms with Gasteiger partial charge in [-0.15, -0.1) is 0 Å². The van der Waals surface area contributed by atoms with E-state index in [-0.39, 0.29) is 23.0 Å². The third-order valence-corrected chi connectivity index (χ3v) is 4.47. The summed E-state index contributed by atoms with van der Waals surface area (Å²) in [7, 11) is 0. The van der Waals surface area contributed by atoms with Crippen molar-refractivity contribution in [1.82, 2.24) is 0 Å². The minimum atomic E-state index is -1.01. The Kier molecular flexibility index (Phi) is 3.08. The molecule has 2 fully saturated rings. The number of fused-ring (bicyclic) bond motifs is 1. The molecule has 2 rings (SSSR count). The van der Waals surface area contributed by atoms with Gasteiger partial charge in [0, 0.05) is 23.8 Å². The Labute approximate surface area is 100 Å². The lowest BCUT2D eigenvalue weighted by atomic mass is 9.63. The molecule has 0 amide bonds. The van der Waals surface area contributed by atoms with Crippen molar-refractivity contribution in [2.75, 3.05) is 0 Å². The van der Waals surface area contributed by atoms with Crippen molar-refractivity contribution in [3.8, 4) is 0 Å². The van der Waals surface area contributed by atoms with Gasteiger partial charge in [-0.3, -0.25) is 4.79 Å². The Hall–Kier alpha value is -1.16. The van der Waals surface area contributed by atoms with Crippen LogP contribution in [0.1, 0.15) is 32.6 Å². The van der Waals surface area contributed by atoms with Crippen molar-refractivity contribution in [3.05, 3.63) is 12.2 Å². The van der Waals surface area contributed by atoms with Crippen molar-refractivity contribution < 1.29 is 19.8 Å². The SMILES string of the molecule is C[C@]12CC[C@@H](O)[C@@H](/C=C/C(=O)O)C1CCC2=O. The second-order valence-electron chi connectivity index (χ2n) is 5.37. The van der Waals surface area contributed by atoms with E-state index in [1.165, 1.54) is 0 Å². The zero-order chi connectivity index (χ0) is 12.6. The molecule has 0 aromatic carbocycles. The number of aliphatic carboxylic acids is 1. The van der Waals surface area contributed by atoms with E-state index in [1.807, 2.05) is 6.92 Å². The zero-order valence-electron chi connectivity index (χ0n) is 9.93. The summed E-state index contributed by atoms with van der Waals surface area (Å²) in [5.74, 6) is -0.845. The second kappa shape index (κ2) is 4.26. The predicted molar refractivity (Wildman–Crippen MR) is 61.3 cm³/mol. The average Bonchev–Trinajstić information content (AvgIpc) is 2.55. The molecule has 0 bridgehead atoms. The number of carbonyl (C=O) groups is 2. The Morgan fingerprint density at radius 3 is 2.82 bits per heavy atom. The van der Waals surface area contributed by atoms with Gasteiger partial charge in [0.2, 0.25) is 0 Å². The number of hydrogen-bond acceptors (Lipinski definition) is 3. The molecule has 94 valence electrons. The largest absolute Gasteiger partial charge is 0.478 e. The molecule has 2 aliphatic rings. The minimum absolute atomic E-state index is 0.0920. The van der Waals surface area contributed by atoms with Crippen LogP contribution in [0.25, 0.3) is 0 Å². The van der Waals surface area contributed by atoms with Gasteiger partial charge in [0.25, 0.3) is 0 Å². The van der Waals surface area contributed by atoms with Crippen LogP contribution < -0.4 is 0 Å². The molecule has 0 aromatic rings. The highest BCUT2D eigenvalue weighted by molar-refractivity contribution is 5.87. The summed E-state index contributed by atoms with van der Waals surface area (Å²) in [6.07, 6.45) is 4.75. The van der Waals surface area contributed by atoms with E-state index in [1.54, 1.807) is 6.08 Å². The van der Waals surface area contributed by atoms with E-state index in [0.717, 1.165) is 18.9 Å². The van der Waals surface area contributed by atoms with E-state index < -0.39 is 12.1 Å². The first-order valence-electron chi connectivity index (χ1n) is 6.07. The monoisotopic (exact) mass is 238 g/mol. The van der Waals surface area contributed by atoms with Crippen LogP contribution >= 0.6 is 0 Å². The molecule has 1 unspecified atom stereocenters. The number of aliphatic hydroxyl groups excluding tert-OH is 1. The first-order chi connectivity index (χ1) is 7.95. The maximum atomic E-state index is 11.9. The molecule has 0 saturated heterocycles. The van der Waals surface area contributed by atoms with E-state index in [4.69, 9.17) is 5.11 Å². The van der Waals surface area contributed by atoms with E-state index in [9.17, 15) is 14.7 Å². The number of hydrogen-bond donors (Lipinski definition) is 2. The highest BCUT2D eigenvalue weighted by Gasteiger charge is 2.52. The number of carbonyl (C=O) groups excluding carboxylic acids is 1. The van der Waals surface area contributed by atoms with Crippen molar-refractivity contribution >= 4 is 11.8 Å². The van der Waals surface area contributed by atoms with Gasteiger partial charge in [-0.2, -0.15) is 0 Å². The van der Waals surface area contributed by atoms with Gasteiger partial charge in [-0.25, -0.2) is 4.79 Å². The summed E-state index contributed by atoms with van der Waals surface area (Å²) < 4.78 is 0. The van der Waals surface area contributed by atoms with Crippen LogP contribution in [0.3, 0.4) is 0 Å². The number of carboxylic acid groups (broad SMARTS) is 1. The van der Waals surface area contributed by atoms with Gasteiger partial charge >= 0.3 is 5.97 Å². The molecule has 0 aliphatic heterocycles. The fourth-order valence-corrected chi connectivity index (χ4v) is 3.40. The topological polar surface area (TPSA) is 74.6 Å². The Bertz CT molecular complexity index is 374. The lowest BCUT2D eigenvalue weighted by Crippen LogP contribution is -2.43. The quantitative estimate of drug-likeness (QED) is 0.713. The fourth-order valence-electron chi connectivity index (χ4n) is 3.40. The summed E-state index contributed by atoms with van der Waals surface area (Å²) in [6.45, 7) is 1.96. The van der Waals surface area contributed by atoms with Crippen LogP contribution in [0.4, 0.5) is 0 Å². The normalized spacial score (nSPS) is 41.8. The third kappa shape index (κ3) is 2.02. The molecule has 0 aromatic heterocycles. The molecule has 17 heavy (non-hydrogen) atoms. The molecule has 0 spiro atoms. The molecule has 4 heteroatoms. The average molecular weight is 238 g/mol. The van der Waals surface area contributed by atoms with Crippen LogP contribution in [0.5, 0.6) is 0 Å². The van der Waals surface area contributed by atoms with Gasteiger partial charge in [0.15, 0.2) is 0 Å². The molecule has 4 atom stereocenters. The van der Waals surface area contributed by atoms with E-state index in [0.29, 0.717) is 12.8 Å². The number of ketones is 1. The number of Topliss-reactive ketones (excluding diaryl/α,β-unsaturated/α-hetero) is 1. The lowest BCUT2D eigenvalue weighted by molar-refractivity contribution is -0.131. The summed E-state index contributed by atoms with van der Waals surface area (Å²) in [5.41, 5.74) is -0.354. The van der Waals surface area contributed by atoms with Crippen molar-refractivity contribution in [2.45, 2.75) is 38.7 Å². The van der Waals surface area contributed by atoms with Gasteiger partial charge in [0.05, 0.1) is 6.10 Å². The minimum Gasteiger partial charge on any atom is -0.478 e. The summed E-state index contributed by atoms with van der Waals surface area (Å²) >= 11 is 0. The van der Waals surface area contributed by atoms with Crippen LogP contribution in [-0.4, -0.2) is 28.1 Å². The second-order valence-corrected chi connectivity index (χ2v) is 5.37. The third-order valence-electron chi connectivity index (χ3n) is 4.47. The molecule has 0 radical (unpaired) electrons. The zero-order valence-corrected chi connectivity index (χ0v) is 9.93. The summed E-state index contributed by atoms with van der Waals surface area (Å²) in [5, 5.41) is 18.6. The number of carboxylic acids is 1. The van der Waals surface area contributed by atoms with Crippen molar-refractivity contribution in [1.29, 1.82) is 0 Å². The van der Waals surface area contributed by atoms with Crippen LogP contribution in [0.15, 0.2) is 12.2 Å². The fraction of sp³-hybridized carbons (Fsp3) is 0.692. The van der Waals surface area contributed by atoms with Crippen LogP contribution in [0.2, 0.25) is 0 Å². The van der Waals surface area contributed by atoms with Crippen molar-refractivity contribution in [2.24, 2.45) is 17.3 Å². The molecular formula is C13H18O4. The first-order valence-corrected chi connectivity index (χ1v) is 6.07. The molecule has 2 N–H and O–H groups in total. The number of aliphatic hydroxyl groups is 1. The molecule has 0 heterocycles. The molecule has 4 nitrogen and oxygen atoms in total. The van der Waals surface area contributed by atoms with Crippen molar-refractivity contribution in [3.63, 3.8) is 0 Å². The molecular weight excluding hydrogens is 220 g/mol. The summed E-state index contributed by atoms with van der Waals surface area (Å²) in [6, 6.07) is 0. The van der Waals surface area contributed by atoms with Gasteiger partial charge in [-0.1, -0.05) is 13.0 Å². The Morgan fingerprint density at radius 2 is 2.18 bits per heavy atom. The maximum Gasteiger partial charge on any atom is 0.327 e. The number of rotatable bonds is 2. The smallest absolute Gasteiger partial charge is 0.327 e. The van der Waals surface area contributed by atoms with Gasteiger partial charge in [0.1, 0.15) is 5.78 Å². The molecule has 2 saturated carbocycles. The van der Waals surface area contributed by atoms with E-state index >= 15 is 0 Å². The first kappa shape index (κ1) is 12.3. The standard InChI is InChI=1S/C13H18O4/c1-13-7-6-10(14)8(2-5-12(16)17)9(13)3-4-11(13)15/h2,5,8-10,14H,3-4,6-7H2,1H3,(H,16,17)/b5-2+/t8-,9?,10+,13-/m0/s1. The van der Waals surface area contributed by atoms with Crippen LogP contribution in [0, 0.1) is 17.3 Å². The lowest BCUT2D eigenvalue weighted by Gasteiger charge is -2.42. The predicted octanol–water partition coefficient (Wildman–Crippen LogP) is 1.38. The highest BCUT2D eigenvalue weighted by atomic mass is 16.4. The molecule has 2 aliphatic carbocycles. The van der Waals surface area contributed by atoms with Crippen LogP contribution in [-0.2, 0) is 9.59 Å². The Morgan fingerprint density at radius 1 is 1.47 bits per heavy atom. The Balaban J connectivity index is 2.24. The van der Waals surface area contributed by atoms with E-state index in [2.05, 4.69) is 0 Å². The van der Waals surface area contributed by atoms with Gasteiger partial charge in [-0.05, 0) is 25.2 Å². The highest BCUT2D eigenvalue weighted by Crippen LogP contribution is 2.52. The summed E-state index contributed by atoms with van der Waals surface area (Å²) in [4.78, 5) is 22.4.